The van der Waals surface area contributed by atoms with Crippen LogP contribution in [0, 0.1) is 0 Å². The quantitative estimate of drug-likeness (QED) is 0.378. The Hall–Kier alpha value is -1.22. The van der Waals surface area contributed by atoms with E-state index in [1.165, 1.54) is 0 Å². The van der Waals surface area contributed by atoms with Crippen LogP contribution in [0.5, 0.6) is 5.75 Å². The minimum Gasteiger partial charge on any atom is -0.459 e. The molecule has 0 spiro atoms. The maximum absolute atomic E-state index is 5.85. The van der Waals surface area contributed by atoms with Gasteiger partial charge in [0.2, 0.25) is 6.29 Å². The van der Waals surface area contributed by atoms with Crippen LogP contribution in [0.1, 0.15) is 6.42 Å². The molecule has 0 aromatic heterocycles. The number of hydrogen-bond donors (Lipinski definition) is 1. The van der Waals surface area contributed by atoms with Crippen LogP contribution in [0.2, 0.25) is 0 Å². The first kappa shape index (κ1) is 21.8. The van der Waals surface area contributed by atoms with Crippen molar-refractivity contribution in [2.24, 2.45) is 0 Å². The molecule has 0 fully saturated rings. The third kappa shape index (κ3) is 9.15. The van der Waals surface area contributed by atoms with Gasteiger partial charge in [-0.3, -0.25) is 0 Å². The number of benzene rings is 1. The molecule has 1 rings (SSSR count). The van der Waals surface area contributed by atoms with E-state index in [9.17, 15) is 0 Å². The first-order valence-corrected chi connectivity index (χ1v) is 8.36. The molecule has 1 aromatic carbocycles. The van der Waals surface area contributed by atoms with Crippen molar-refractivity contribution in [2.45, 2.75) is 25.1 Å². The summed E-state index contributed by atoms with van der Waals surface area (Å²) in [5.41, 5.74) is 0. The Bertz CT molecular complexity index is 415. The lowest BCUT2D eigenvalue weighted by molar-refractivity contribution is -0.243. The van der Waals surface area contributed by atoms with Crippen LogP contribution in [-0.4, -0.2) is 73.4 Å². The Morgan fingerprint density at radius 2 is 1.60 bits per heavy atom. The van der Waals surface area contributed by atoms with E-state index in [0.29, 0.717) is 25.4 Å². The average Bonchev–Trinajstić information content (AvgIpc) is 2.65. The second kappa shape index (κ2) is 14.0. The molecule has 1 aromatic rings. The van der Waals surface area contributed by atoms with Crippen LogP contribution in [0.15, 0.2) is 30.3 Å². The molecule has 2 unspecified atom stereocenters. The fraction of sp³-hybridized carbons (Fsp3) is 0.667. The molecule has 25 heavy (non-hydrogen) atoms. The third-order valence-corrected chi connectivity index (χ3v) is 3.59. The van der Waals surface area contributed by atoms with Gasteiger partial charge in [-0.2, -0.15) is 0 Å². The monoisotopic (exact) mass is 357 g/mol. The topological polar surface area (TPSA) is 67.4 Å². The number of nitrogens with one attached hydrogen (secondary N) is 1. The number of ether oxygens (including phenoxy) is 6. The zero-order valence-corrected chi connectivity index (χ0v) is 15.6. The van der Waals surface area contributed by atoms with Gasteiger partial charge in [0.15, 0.2) is 0 Å². The summed E-state index contributed by atoms with van der Waals surface area (Å²) in [7, 11) is 6.47. The minimum atomic E-state index is -0.670. The van der Waals surface area contributed by atoms with Gasteiger partial charge in [-0.25, -0.2) is 0 Å². The molecule has 0 heterocycles. The summed E-state index contributed by atoms with van der Waals surface area (Å²) >= 11 is 0. The van der Waals surface area contributed by atoms with E-state index < -0.39 is 12.6 Å². The van der Waals surface area contributed by atoms with Crippen LogP contribution in [0.25, 0.3) is 0 Å². The highest BCUT2D eigenvalue weighted by Gasteiger charge is 2.24. The molecule has 2 atom stereocenters. The summed E-state index contributed by atoms with van der Waals surface area (Å²) in [5, 5.41) is 3.27. The van der Waals surface area contributed by atoms with Crippen molar-refractivity contribution in [1.82, 2.24) is 5.32 Å². The molecular weight excluding hydrogens is 326 g/mol. The SMILES string of the molecule is COCCNCC(CCOC(Oc1ccccc1)C(OC)OC)OC. The third-order valence-electron chi connectivity index (χ3n) is 3.59. The maximum Gasteiger partial charge on any atom is 0.251 e. The zero-order chi connectivity index (χ0) is 18.3. The highest BCUT2D eigenvalue weighted by molar-refractivity contribution is 5.21. The summed E-state index contributed by atoms with van der Waals surface area (Å²) in [6.45, 7) is 2.63. The Balaban J connectivity index is 2.45. The largest absolute Gasteiger partial charge is 0.459 e. The summed E-state index contributed by atoms with van der Waals surface area (Å²) in [6, 6.07) is 9.43. The van der Waals surface area contributed by atoms with Gasteiger partial charge in [0.05, 0.1) is 19.3 Å². The van der Waals surface area contributed by atoms with E-state index in [-0.39, 0.29) is 6.10 Å². The highest BCUT2D eigenvalue weighted by Crippen LogP contribution is 2.15. The van der Waals surface area contributed by atoms with Gasteiger partial charge >= 0.3 is 0 Å². The van der Waals surface area contributed by atoms with Crippen molar-refractivity contribution in [1.29, 1.82) is 0 Å². The lowest BCUT2D eigenvalue weighted by atomic mass is 10.2. The number of rotatable bonds is 15. The van der Waals surface area contributed by atoms with E-state index in [1.807, 2.05) is 30.3 Å². The fourth-order valence-corrected chi connectivity index (χ4v) is 2.18. The Kier molecular flexibility index (Phi) is 12.2. The Morgan fingerprint density at radius 3 is 2.20 bits per heavy atom. The number of para-hydroxylation sites is 1. The van der Waals surface area contributed by atoms with Crippen LogP contribution < -0.4 is 10.1 Å². The van der Waals surface area contributed by atoms with E-state index in [0.717, 1.165) is 13.1 Å². The Morgan fingerprint density at radius 1 is 0.880 bits per heavy atom. The highest BCUT2D eigenvalue weighted by atomic mass is 16.8. The predicted molar refractivity (Wildman–Crippen MR) is 94.8 cm³/mol. The summed E-state index contributed by atoms with van der Waals surface area (Å²) in [4.78, 5) is 0. The van der Waals surface area contributed by atoms with Crippen molar-refractivity contribution in [3.63, 3.8) is 0 Å². The van der Waals surface area contributed by atoms with Gasteiger partial charge in [0, 0.05) is 41.5 Å². The fourth-order valence-electron chi connectivity index (χ4n) is 2.18. The van der Waals surface area contributed by atoms with E-state index in [4.69, 9.17) is 28.4 Å². The summed E-state index contributed by atoms with van der Waals surface area (Å²) < 4.78 is 32.7. The van der Waals surface area contributed by atoms with Gasteiger partial charge < -0.3 is 33.7 Å². The van der Waals surface area contributed by atoms with Crippen LogP contribution >= 0.6 is 0 Å². The molecule has 0 aliphatic heterocycles. The van der Waals surface area contributed by atoms with Crippen molar-refractivity contribution >= 4 is 0 Å². The molecule has 0 bridgehead atoms. The molecule has 144 valence electrons. The van der Waals surface area contributed by atoms with Crippen molar-refractivity contribution in [3.8, 4) is 5.75 Å². The average molecular weight is 357 g/mol. The second-order valence-corrected chi connectivity index (χ2v) is 5.35. The molecule has 0 amide bonds. The molecular formula is C18H31NO6. The maximum atomic E-state index is 5.85. The summed E-state index contributed by atoms with van der Waals surface area (Å²) in [5.74, 6) is 0.691. The molecule has 0 radical (unpaired) electrons. The molecule has 0 aliphatic rings. The summed E-state index contributed by atoms with van der Waals surface area (Å²) in [6.07, 6.45) is -0.541. The van der Waals surface area contributed by atoms with Crippen LogP contribution in [0.4, 0.5) is 0 Å². The molecule has 0 aliphatic carbocycles. The van der Waals surface area contributed by atoms with Gasteiger partial charge in [-0.15, -0.1) is 0 Å². The zero-order valence-electron chi connectivity index (χ0n) is 15.6. The number of methoxy groups -OCH3 is 4. The van der Waals surface area contributed by atoms with Gasteiger partial charge in [0.25, 0.3) is 6.29 Å². The molecule has 7 nitrogen and oxygen atoms in total. The van der Waals surface area contributed by atoms with E-state index >= 15 is 0 Å². The van der Waals surface area contributed by atoms with Crippen LogP contribution in [0.3, 0.4) is 0 Å². The van der Waals surface area contributed by atoms with E-state index in [1.54, 1.807) is 28.4 Å². The minimum absolute atomic E-state index is 0.0396. The van der Waals surface area contributed by atoms with Crippen molar-refractivity contribution < 1.29 is 28.4 Å². The van der Waals surface area contributed by atoms with Crippen LogP contribution in [-0.2, 0) is 23.7 Å². The number of hydrogen-bond acceptors (Lipinski definition) is 7. The van der Waals surface area contributed by atoms with Gasteiger partial charge in [0.1, 0.15) is 5.75 Å². The molecule has 0 saturated carbocycles. The normalized spacial score (nSPS) is 13.8. The molecule has 7 heteroatoms. The predicted octanol–water partition coefficient (Wildman–Crippen LogP) is 1.67. The van der Waals surface area contributed by atoms with Crippen molar-refractivity contribution in [3.05, 3.63) is 30.3 Å². The first-order chi connectivity index (χ1) is 12.2. The molecule has 1 N–H and O–H groups in total. The smallest absolute Gasteiger partial charge is 0.251 e. The lowest BCUT2D eigenvalue weighted by Gasteiger charge is -2.26. The van der Waals surface area contributed by atoms with E-state index in [2.05, 4.69) is 5.32 Å². The molecule has 0 saturated heterocycles. The Labute approximate surface area is 150 Å². The van der Waals surface area contributed by atoms with Crippen molar-refractivity contribution in [2.75, 3.05) is 54.7 Å². The van der Waals surface area contributed by atoms with Gasteiger partial charge in [-0.1, -0.05) is 18.2 Å². The standard InChI is InChI=1S/C18H31NO6/c1-20-13-11-19-14-16(21-2)10-12-24-18(17(22-3)23-4)25-15-8-6-5-7-9-15/h5-9,16-19H,10-14H2,1-4H3. The first-order valence-electron chi connectivity index (χ1n) is 8.36. The lowest BCUT2D eigenvalue weighted by Crippen LogP contribution is -2.38. The van der Waals surface area contributed by atoms with Gasteiger partial charge in [-0.05, 0) is 18.6 Å². The second-order valence-electron chi connectivity index (χ2n) is 5.35.